The van der Waals surface area contributed by atoms with Gasteiger partial charge in [-0.3, -0.25) is 9.10 Å². The molecule has 0 bridgehead atoms. The number of halogens is 3. The number of anilines is 2. The summed E-state index contributed by atoms with van der Waals surface area (Å²) in [7, 11) is -4.41. The van der Waals surface area contributed by atoms with E-state index in [1.165, 1.54) is 42.2 Å². The van der Waals surface area contributed by atoms with Crippen LogP contribution in [0.1, 0.15) is 28.4 Å². The van der Waals surface area contributed by atoms with Crippen LogP contribution in [0.2, 0.25) is 0 Å². The van der Waals surface area contributed by atoms with Gasteiger partial charge in [-0.05, 0) is 61.4 Å². The molecule has 0 N–H and O–H groups in total. The largest absolute Gasteiger partial charge is 0.449 e. The zero-order chi connectivity index (χ0) is 28.4. The van der Waals surface area contributed by atoms with Gasteiger partial charge in [-0.2, -0.15) is 13.2 Å². The van der Waals surface area contributed by atoms with Crippen LogP contribution in [0.15, 0.2) is 90.3 Å². The molecule has 0 aliphatic carbocycles. The number of amides is 1. The number of nitrogens with zero attached hydrogens (tertiary/aromatic N) is 2. The van der Waals surface area contributed by atoms with E-state index in [0.717, 1.165) is 39.8 Å². The summed E-state index contributed by atoms with van der Waals surface area (Å²) in [6.45, 7) is 5.07. The highest BCUT2D eigenvalue weighted by Gasteiger charge is 2.33. The van der Waals surface area contributed by atoms with Gasteiger partial charge in [-0.1, -0.05) is 36.4 Å². The highest BCUT2D eigenvalue weighted by molar-refractivity contribution is 7.92. The van der Waals surface area contributed by atoms with Crippen molar-refractivity contribution in [2.24, 2.45) is 0 Å². The van der Waals surface area contributed by atoms with Crippen molar-refractivity contribution in [2.75, 3.05) is 22.3 Å². The Morgan fingerprint density at radius 3 is 2.51 bits per heavy atom. The Kier molecular flexibility index (Phi) is 7.82. The lowest BCUT2D eigenvalue weighted by atomic mass is 10.2. The molecular weight excluding hydrogens is 533 g/mol. The summed E-state index contributed by atoms with van der Waals surface area (Å²) >= 11 is 0. The Morgan fingerprint density at radius 2 is 1.79 bits per heavy atom. The molecule has 4 rings (SSSR count). The summed E-state index contributed by atoms with van der Waals surface area (Å²) in [5.41, 5.74) is 0.381. The van der Waals surface area contributed by atoms with Gasteiger partial charge >= 0.3 is 12.1 Å². The molecule has 7 nitrogen and oxygen atoms in total. The van der Waals surface area contributed by atoms with E-state index in [9.17, 15) is 31.2 Å². The fraction of sp³-hybridized carbons (Fsp3) is 0.214. The Labute approximate surface area is 224 Å². The first-order valence-electron chi connectivity index (χ1n) is 11.9. The van der Waals surface area contributed by atoms with Crippen molar-refractivity contribution in [2.45, 2.75) is 30.5 Å². The van der Waals surface area contributed by atoms with Gasteiger partial charge in [0.25, 0.3) is 15.9 Å². The molecular formula is C28H25F3N2O5S. The molecule has 1 amide bonds. The van der Waals surface area contributed by atoms with Crippen LogP contribution in [-0.4, -0.2) is 39.5 Å². The summed E-state index contributed by atoms with van der Waals surface area (Å²) in [5, 5.41) is 0. The Balaban J connectivity index is 1.56. The first-order valence-corrected chi connectivity index (χ1v) is 13.4. The molecule has 0 unspecified atom stereocenters. The molecule has 1 aliphatic rings. The first kappa shape index (κ1) is 27.9. The molecule has 3 aromatic rings. The van der Waals surface area contributed by atoms with Crippen LogP contribution in [0.5, 0.6) is 0 Å². The number of benzene rings is 3. The summed E-state index contributed by atoms with van der Waals surface area (Å²) < 4.78 is 72.8. The lowest BCUT2D eigenvalue weighted by Gasteiger charge is -2.24. The van der Waals surface area contributed by atoms with Crippen molar-refractivity contribution in [3.05, 3.63) is 102 Å². The Bertz CT molecular complexity index is 1520. The van der Waals surface area contributed by atoms with Gasteiger partial charge in [0, 0.05) is 12.2 Å². The van der Waals surface area contributed by atoms with Crippen LogP contribution < -0.4 is 9.21 Å². The summed E-state index contributed by atoms with van der Waals surface area (Å²) in [6, 6.07) is 16.2. The molecule has 0 fully saturated rings. The average Bonchev–Trinajstić information content (AvgIpc) is 3.35. The van der Waals surface area contributed by atoms with Crippen molar-refractivity contribution < 1.29 is 35.9 Å². The number of ether oxygens (including phenoxy) is 1. The number of alkyl halides is 3. The summed E-state index contributed by atoms with van der Waals surface area (Å²) in [4.78, 5) is 27.0. The molecule has 1 aliphatic heterocycles. The third-order valence-electron chi connectivity index (χ3n) is 6.20. The lowest BCUT2D eigenvalue weighted by molar-refractivity contribution is -0.137. The van der Waals surface area contributed by atoms with E-state index < -0.39 is 39.7 Å². The number of fused-ring (bicyclic) bond motifs is 1. The fourth-order valence-corrected chi connectivity index (χ4v) is 5.75. The SMILES string of the molecule is C=CCN(c1cccc(C(F)(F)F)c1)S(=O)(=O)c1cccc(C(=O)O[C@@H](C)C(=O)N2CCc3ccccc32)c1. The maximum Gasteiger partial charge on any atom is 0.416 e. The van der Waals surface area contributed by atoms with E-state index in [2.05, 4.69) is 6.58 Å². The zero-order valence-corrected chi connectivity index (χ0v) is 21.7. The molecule has 0 spiro atoms. The maximum atomic E-state index is 13.5. The van der Waals surface area contributed by atoms with Gasteiger partial charge in [-0.15, -0.1) is 6.58 Å². The van der Waals surface area contributed by atoms with Gasteiger partial charge in [0.2, 0.25) is 0 Å². The van der Waals surface area contributed by atoms with Crippen LogP contribution in [0.3, 0.4) is 0 Å². The van der Waals surface area contributed by atoms with Gasteiger partial charge in [-0.25, -0.2) is 13.2 Å². The normalized spacial score (nSPS) is 13.9. The second-order valence-corrected chi connectivity index (χ2v) is 10.7. The molecule has 11 heteroatoms. The molecule has 0 saturated carbocycles. The van der Waals surface area contributed by atoms with E-state index in [1.807, 2.05) is 24.3 Å². The number of carbonyl (C=O) groups excluding carboxylic acids is 2. The molecule has 1 atom stereocenters. The molecule has 3 aromatic carbocycles. The number of para-hydroxylation sites is 1. The van der Waals surface area contributed by atoms with Crippen molar-refractivity contribution in [3.8, 4) is 0 Å². The number of sulfonamides is 1. The second kappa shape index (κ2) is 10.9. The van der Waals surface area contributed by atoms with E-state index in [1.54, 1.807) is 0 Å². The van der Waals surface area contributed by atoms with E-state index in [-0.39, 0.29) is 22.7 Å². The minimum atomic E-state index is -4.67. The average molecular weight is 559 g/mol. The fourth-order valence-electron chi connectivity index (χ4n) is 4.27. The minimum absolute atomic E-state index is 0.139. The van der Waals surface area contributed by atoms with Gasteiger partial charge in [0.1, 0.15) is 0 Å². The summed E-state index contributed by atoms with van der Waals surface area (Å²) in [5.74, 6) is -1.34. The topological polar surface area (TPSA) is 84.0 Å². The number of hydrogen-bond donors (Lipinski definition) is 0. The van der Waals surface area contributed by atoms with Crippen LogP contribution >= 0.6 is 0 Å². The quantitative estimate of drug-likeness (QED) is 0.280. The monoisotopic (exact) mass is 558 g/mol. The zero-order valence-electron chi connectivity index (χ0n) is 20.9. The first-order chi connectivity index (χ1) is 18.4. The Morgan fingerprint density at radius 1 is 1.08 bits per heavy atom. The predicted molar refractivity (Wildman–Crippen MR) is 140 cm³/mol. The smallest absolute Gasteiger partial charge is 0.416 e. The standard InChI is InChI=1S/C28H25F3N2O5S/c1-3-15-33(23-11-7-10-22(18-23)28(29,30)31)39(36,37)24-12-6-9-21(17-24)27(35)38-19(2)26(34)32-16-14-20-8-4-5-13-25(20)32/h3-13,17-19H,1,14-16H2,2H3/t19-/m0/s1. The van der Waals surface area contributed by atoms with Crippen molar-refractivity contribution in [1.29, 1.82) is 0 Å². The second-order valence-electron chi connectivity index (χ2n) is 8.82. The van der Waals surface area contributed by atoms with Crippen molar-refractivity contribution in [1.82, 2.24) is 0 Å². The van der Waals surface area contributed by atoms with E-state index in [4.69, 9.17) is 4.74 Å². The predicted octanol–water partition coefficient (Wildman–Crippen LogP) is 5.22. The maximum absolute atomic E-state index is 13.5. The van der Waals surface area contributed by atoms with E-state index in [0.29, 0.717) is 13.0 Å². The van der Waals surface area contributed by atoms with Gasteiger partial charge in [0.05, 0.1) is 28.3 Å². The number of hydrogen-bond acceptors (Lipinski definition) is 5. The van der Waals surface area contributed by atoms with Crippen LogP contribution in [0.25, 0.3) is 0 Å². The van der Waals surface area contributed by atoms with Crippen LogP contribution in [0.4, 0.5) is 24.5 Å². The number of esters is 1. The van der Waals surface area contributed by atoms with Gasteiger partial charge < -0.3 is 9.64 Å². The molecule has 0 aromatic heterocycles. The van der Waals surface area contributed by atoms with Crippen LogP contribution in [0, 0.1) is 0 Å². The highest BCUT2D eigenvalue weighted by Crippen LogP contribution is 2.33. The van der Waals surface area contributed by atoms with Crippen LogP contribution in [-0.2, 0) is 32.2 Å². The molecule has 1 heterocycles. The third-order valence-corrected chi connectivity index (χ3v) is 7.99. The third kappa shape index (κ3) is 5.83. The highest BCUT2D eigenvalue weighted by atomic mass is 32.2. The summed E-state index contributed by atoms with van der Waals surface area (Å²) in [6.07, 6.45) is -3.91. The minimum Gasteiger partial charge on any atom is -0.449 e. The number of carbonyl (C=O) groups is 2. The number of rotatable bonds is 8. The lowest BCUT2D eigenvalue weighted by Crippen LogP contribution is -2.39. The van der Waals surface area contributed by atoms with Crippen molar-refractivity contribution in [3.63, 3.8) is 0 Å². The molecule has 0 radical (unpaired) electrons. The molecule has 39 heavy (non-hydrogen) atoms. The van der Waals surface area contributed by atoms with E-state index >= 15 is 0 Å². The molecule has 204 valence electrons. The van der Waals surface area contributed by atoms with Gasteiger partial charge in [0.15, 0.2) is 6.10 Å². The Hall–Kier alpha value is -4.12. The van der Waals surface area contributed by atoms with Crippen molar-refractivity contribution >= 4 is 33.3 Å². The molecule has 0 saturated heterocycles.